The summed E-state index contributed by atoms with van der Waals surface area (Å²) in [4.78, 5) is 7.93. The third-order valence-corrected chi connectivity index (χ3v) is 4.49. The Morgan fingerprint density at radius 1 is 1.21 bits per heavy atom. The molecule has 4 nitrogen and oxygen atoms in total. The van der Waals surface area contributed by atoms with Crippen molar-refractivity contribution in [1.29, 1.82) is 0 Å². The number of unbranched alkanes of at least 4 members (excludes halogenated alkanes) is 1. The third-order valence-electron chi connectivity index (χ3n) is 4.49. The Morgan fingerprint density at radius 2 is 2.08 bits per heavy atom. The van der Waals surface area contributed by atoms with Gasteiger partial charge >= 0.3 is 0 Å². The van der Waals surface area contributed by atoms with E-state index in [1.54, 1.807) is 13.3 Å². The van der Waals surface area contributed by atoms with E-state index in [9.17, 15) is 0 Å². The molecule has 4 heteroatoms. The standard InChI is InChI=1S/C20H25N3O/c1-3-14-9-10-18-17(13-14)15(7-4-5-11-21)19(23-18)16-8-6-12-22-20(16)24-2/h6,8-10,12-13,23H,3-5,7,11,21H2,1-2H3. The average molecular weight is 323 g/mol. The van der Waals surface area contributed by atoms with Gasteiger partial charge in [-0.2, -0.15) is 0 Å². The van der Waals surface area contributed by atoms with Crippen LogP contribution in [0.1, 0.15) is 30.9 Å². The molecule has 0 atom stereocenters. The monoisotopic (exact) mass is 323 g/mol. The zero-order chi connectivity index (χ0) is 16.9. The number of hydrogen-bond donors (Lipinski definition) is 2. The average Bonchev–Trinajstić information content (AvgIpc) is 2.99. The zero-order valence-electron chi connectivity index (χ0n) is 14.4. The van der Waals surface area contributed by atoms with Crippen molar-refractivity contribution < 1.29 is 4.74 Å². The summed E-state index contributed by atoms with van der Waals surface area (Å²) in [6.07, 6.45) is 5.90. The van der Waals surface area contributed by atoms with Crippen LogP contribution in [-0.4, -0.2) is 23.6 Å². The van der Waals surface area contributed by atoms with Crippen LogP contribution in [0.15, 0.2) is 36.5 Å². The van der Waals surface area contributed by atoms with Gasteiger partial charge in [0, 0.05) is 17.1 Å². The van der Waals surface area contributed by atoms with Gasteiger partial charge in [-0.3, -0.25) is 0 Å². The van der Waals surface area contributed by atoms with E-state index in [0.29, 0.717) is 5.88 Å². The van der Waals surface area contributed by atoms with Crippen molar-refractivity contribution in [3.05, 3.63) is 47.7 Å². The predicted molar refractivity (Wildman–Crippen MR) is 99.5 cm³/mol. The second-order valence-corrected chi connectivity index (χ2v) is 6.02. The summed E-state index contributed by atoms with van der Waals surface area (Å²) in [6.45, 7) is 2.92. The van der Waals surface area contributed by atoms with E-state index in [1.165, 1.54) is 16.5 Å². The number of nitrogens with one attached hydrogen (secondary N) is 1. The van der Waals surface area contributed by atoms with Gasteiger partial charge in [0.15, 0.2) is 0 Å². The normalized spacial score (nSPS) is 11.1. The molecule has 0 aliphatic heterocycles. The topological polar surface area (TPSA) is 63.9 Å². The first kappa shape index (κ1) is 16.5. The van der Waals surface area contributed by atoms with Crippen molar-refractivity contribution in [1.82, 2.24) is 9.97 Å². The van der Waals surface area contributed by atoms with Crippen LogP contribution in [0.25, 0.3) is 22.2 Å². The molecule has 1 aromatic carbocycles. The number of rotatable bonds is 7. The first-order valence-corrected chi connectivity index (χ1v) is 8.61. The lowest BCUT2D eigenvalue weighted by molar-refractivity contribution is 0.399. The molecule has 0 aliphatic carbocycles. The molecule has 3 N–H and O–H groups in total. The number of pyridine rings is 1. The Bertz CT molecular complexity index is 823. The lowest BCUT2D eigenvalue weighted by Crippen LogP contribution is -2.00. The molecular weight excluding hydrogens is 298 g/mol. The number of nitrogens with two attached hydrogens (primary N) is 1. The van der Waals surface area contributed by atoms with Crippen LogP contribution in [0, 0.1) is 0 Å². The van der Waals surface area contributed by atoms with Gasteiger partial charge in [0.25, 0.3) is 0 Å². The number of aromatic nitrogens is 2. The van der Waals surface area contributed by atoms with E-state index in [4.69, 9.17) is 10.5 Å². The van der Waals surface area contributed by atoms with Crippen molar-refractivity contribution in [3.63, 3.8) is 0 Å². The molecular formula is C20H25N3O. The highest BCUT2D eigenvalue weighted by atomic mass is 16.5. The second-order valence-electron chi connectivity index (χ2n) is 6.02. The maximum atomic E-state index is 5.68. The van der Waals surface area contributed by atoms with Crippen LogP contribution in [-0.2, 0) is 12.8 Å². The van der Waals surface area contributed by atoms with E-state index in [0.717, 1.165) is 49.0 Å². The van der Waals surface area contributed by atoms with Gasteiger partial charge in [-0.15, -0.1) is 0 Å². The minimum atomic E-state index is 0.653. The van der Waals surface area contributed by atoms with Crippen molar-refractivity contribution >= 4 is 10.9 Å². The highest BCUT2D eigenvalue weighted by Gasteiger charge is 2.17. The Kier molecular flexibility index (Phi) is 5.16. The zero-order valence-corrected chi connectivity index (χ0v) is 14.4. The molecule has 0 spiro atoms. The van der Waals surface area contributed by atoms with Gasteiger partial charge in [0.2, 0.25) is 5.88 Å². The first-order chi connectivity index (χ1) is 11.8. The minimum Gasteiger partial charge on any atom is -0.481 e. The predicted octanol–water partition coefficient (Wildman–Crippen LogP) is 4.08. The summed E-state index contributed by atoms with van der Waals surface area (Å²) < 4.78 is 5.47. The number of hydrogen-bond acceptors (Lipinski definition) is 3. The molecule has 24 heavy (non-hydrogen) atoms. The Morgan fingerprint density at radius 3 is 2.83 bits per heavy atom. The SMILES string of the molecule is CCc1ccc2[nH]c(-c3cccnc3OC)c(CCCCN)c2c1. The van der Waals surface area contributed by atoms with E-state index in [-0.39, 0.29) is 0 Å². The maximum absolute atomic E-state index is 5.68. The number of benzene rings is 1. The van der Waals surface area contributed by atoms with Crippen LogP contribution in [0.3, 0.4) is 0 Å². The first-order valence-electron chi connectivity index (χ1n) is 8.61. The molecule has 0 radical (unpaired) electrons. The highest BCUT2D eigenvalue weighted by Crippen LogP contribution is 2.35. The maximum Gasteiger partial charge on any atom is 0.222 e. The van der Waals surface area contributed by atoms with Crippen LogP contribution in [0.2, 0.25) is 0 Å². The number of nitrogens with zero attached hydrogens (tertiary/aromatic N) is 1. The molecule has 0 fully saturated rings. The molecule has 126 valence electrons. The molecule has 0 saturated carbocycles. The largest absolute Gasteiger partial charge is 0.481 e. The molecule has 0 bridgehead atoms. The number of H-pyrrole nitrogens is 1. The lowest BCUT2D eigenvalue weighted by Gasteiger charge is -2.09. The van der Waals surface area contributed by atoms with Gasteiger partial charge in [0.1, 0.15) is 0 Å². The van der Waals surface area contributed by atoms with Gasteiger partial charge in [0.05, 0.1) is 18.4 Å². The van der Waals surface area contributed by atoms with Crippen molar-refractivity contribution in [2.24, 2.45) is 5.73 Å². The summed E-state index contributed by atoms with van der Waals surface area (Å²) >= 11 is 0. The van der Waals surface area contributed by atoms with Gasteiger partial charge < -0.3 is 15.5 Å². The summed E-state index contributed by atoms with van der Waals surface area (Å²) in [5.41, 5.74) is 11.7. The third kappa shape index (κ3) is 3.15. The Hall–Kier alpha value is -2.33. The number of methoxy groups -OCH3 is 1. The number of fused-ring (bicyclic) bond motifs is 1. The molecule has 2 aromatic heterocycles. The fourth-order valence-corrected chi connectivity index (χ4v) is 3.19. The van der Waals surface area contributed by atoms with E-state index in [1.807, 2.05) is 6.07 Å². The lowest BCUT2D eigenvalue weighted by atomic mass is 9.99. The molecule has 0 aliphatic rings. The van der Waals surface area contributed by atoms with E-state index in [2.05, 4.69) is 41.2 Å². The molecule has 0 amide bonds. The van der Waals surface area contributed by atoms with Crippen LogP contribution < -0.4 is 10.5 Å². The molecule has 2 heterocycles. The summed E-state index contributed by atoms with van der Waals surface area (Å²) in [5.74, 6) is 0.653. The number of aromatic amines is 1. The van der Waals surface area contributed by atoms with Gasteiger partial charge in [-0.25, -0.2) is 4.98 Å². The number of ether oxygens (including phenoxy) is 1. The van der Waals surface area contributed by atoms with E-state index < -0.39 is 0 Å². The van der Waals surface area contributed by atoms with Gasteiger partial charge in [-0.05, 0) is 67.6 Å². The Balaban J connectivity index is 2.16. The summed E-state index contributed by atoms with van der Waals surface area (Å²) in [7, 11) is 1.66. The highest BCUT2D eigenvalue weighted by molar-refractivity contribution is 5.92. The van der Waals surface area contributed by atoms with Crippen LogP contribution >= 0.6 is 0 Å². The molecule has 3 aromatic rings. The fraction of sp³-hybridized carbons (Fsp3) is 0.350. The second kappa shape index (κ2) is 7.49. The van der Waals surface area contributed by atoms with Crippen molar-refractivity contribution in [3.8, 4) is 17.1 Å². The molecule has 3 rings (SSSR count). The summed E-state index contributed by atoms with van der Waals surface area (Å²) in [6, 6.07) is 10.7. The van der Waals surface area contributed by atoms with Crippen LogP contribution in [0.4, 0.5) is 0 Å². The van der Waals surface area contributed by atoms with Crippen LogP contribution in [0.5, 0.6) is 5.88 Å². The Labute approximate surface area is 143 Å². The summed E-state index contributed by atoms with van der Waals surface area (Å²) in [5, 5.41) is 1.30. The number of aryl methyl sites for hydroxylation is 2. The fourth-order valence-electron chi connectivity index (χ4n) is 3.19. The van der Waals surface area contributed by atoms with Crippen molar-refractivity contribution in [2.75, 3.05) is 13.7 Å². The van der Waals surface area contributed by atoms with Crippen molar-refractivity contribution in [2.45, 2.75) is 32.6 Å². The smallest absolute Gasteiger partial charge is 0.222 e. The molecule has 0 unspecified atom stereocenters. The molecule has 0 saturated heterocycles. The van der Waals surface area contributed by atoms with E-state index >= 15 is 0 Å². The van der Waals surface area contributed by atoms with Gasteiger partial charge in [-0.1, -0.05) is 13.0 Å². The minimum absolute atomic E-state index is 0.653. The quantitative estimate of drug-likeness (QED) is 0.644.